The number of imidazole rings is 1. The Morgan fingerprint density at radius 1 is 1.53 bits per heavy atom. The first-order chi connectivity index (χ1) is 8.08. The van der Waals surface area contributed by atoms with Crippen LogP contribution in [0.15, 0.2) is 23.0 Å². The molecule has 1 aromatic carbocycles. The first kappa shape index (κ1) is 11.4. The minimum Gasteiger partial charge on any atom is -0.355 e. The predicted octanol–water partition coefficient (Wildman–Crippen LogP) is 0.605. The number of aromatic nitrogens is 2. The Morgan fingerprint density at radius 3 is 3.00 bits per heavy atom. The zero-order valence-corrected chi connectivity index (χ0v) is 9.29. The molecule has 1 heterocycles. The van der Waals surface area contributed by atoms with Gasteiger partial charge in [0.15, 0.2) is 0 Å². The Kier molecular flexibility index (Phi) is 2.95. The number of carbonyl (C=O) groups excluding carboxylic acids is 1. The lowest BCUT2D eigenvalue weighted by Crippen LogP contribution is -2.28. The molecule has 0 saturated carbocycles. The second-order valence-electron chi connectivity index (χ2n) is 3.73. The molecule has 0 unspecified atom stereocenters. The number of hydrogen-bond acceptors (Lipinski definition) is 2. The van der Waals surface area contributed by atoms with Crippen LogP contribution in [-0.2, 0) is 11.3 Å². The van der Waals surface area contributed by atoms with E-state index < -0.39 is 5.82 Å². The van der Waals surface area contributed by atoms with Crippen molar-refractivity contribution in [1.29, 1.82) is 0 Å². The monoisotopic (exact) mass is 237 g/mol. The quantitative estimate of drug-likeness (QED) is 0.821. The highest BCUT2D eigenvalue weighted by molar-refractivity contribution is 5.75. The van der Waals surface area contributed by atoms with Crippen molar-refractivity contribution in [2.24, 2.45) is 0 Å². The van der Waals surface area contributed by atoms with Gasteiger partial charge in [-0.3, -0.25) is 9.36 Å². The highest BCUT2D eigenvalue weighted by atomic mass is 19.1. The van der Waals surface area contributed by atoms with Crippen LogP contribution in [0.1, 0.15) is 6.92 Å². The molecule has 0 aliphatic carbocycles. The molecule has 1 amide bonds. The molecule has 0 saturated heterocycles. The molecule has 0 bridgehead atoms. The van der Waals surface area contributed by atoms with E-state index >= 15 is 0 Å². The van der Waals surface area contributed by atoms with E-state index in [4.69, 9.17) is 0 Å². The maximum Gasteiger partial charge on any atom is 0.326 e. The van der Waals surface area contributed by atoms with E-state index in [-0.39, 0.29) is 11.6 Å². The summed E-state index contributed by atoms with van der Waals surface area (Å²) in [5, 5.41) is 2.60. The van der Waals surface area contributed by atoms with E-state index in [9.17, 15) is 14.0 Å². The number of fused-ring (bicyclic) bond motifs is 1. The van der Waals surface area contributed by atoms with Crippen molar-refractivity contribution < 1.29 is 9.18 Å². The summed E-state index contributed by atoms with van der Waals surface area (Å²) in [6.07, 6.45) is 0. The number of H-pyrrole nitrogens is 1. The van der Waals surface area contributed by atoms with Gasteiger partial charge >= 0.3 is 5.69 Å². The zero-order valence-electron chi connectivity index (χ0n) is 9.29. The Morgan fingerprint density at radius 2 is 2.29 bits per heavy atom. The molecule has 0 aliphatic rings. The topological polar surface area (TPSA) is 66.9 Å². The molecule has 1 aromatic heterocycles. The number of aromatic amines is 1. The Hall–Kier alpha value is -2.11. The standard InChI is InChI=1S/C11H12FN3O2/c1-7(16)13-4-5-15-10-3-2-8(12)6-9(10)14-11(15)17/h2-3,6H,4-5H2,1H3,(H,13,16)(H,14,17). The Bertz CT molecular complexity index is 615. The summed E-state index contributed by atoms with van der Waals surface area (Å²) in [5.41, 5.74) is 0.774. The van der Waals surface area contributed by atoms with Gasteiger partial charge in [0.1, 0.15) is 5.82 Å². The molecule has 17 heavy (non-hydrogen) atoms. The lowest BCUT2D eigenvalue weighted by atomic mass is 10.3. The average molecular weight is 237 g/mol. The Labute approximate surface area is 96.3 Å². The normalized spacial score (nSPS) is 10.7. The number of rotatable bonds is 3. The smallest absolute Gasteiger partial charge is 0.326 e. The van der Waals surface area contributed by atoms with E-state index in [0.717, 1.165) is 0 Å². The summed E-state index contributed by atoms with van der Waals surface area (Å²) in [6, 6.07) is 4.10. The van der Waals surface area contributed by atoms with E-state index in [0.29, 0.717) is 24.1 Å². The third-order valence-electron chi connectivity index (χ3n) is 2.45. The van der Waals surface area contributed by atoms with Crippen molar-refractivity contribution in [3.8, 4) is 0 Å². The lowest BCUT2D eigenvalue weighted by molar-refractivity contribution is -0.118. The molecule has 2 rings (SSSR count). The summed E-state index contributed by atoms with van der Waals surface area (Å²) in [4.78, 5) is 24.9. The van der Waals surface area contributed by atoms with E-state index in [1.54, 1.807) is 0 Å². The van der Waals surface area contributed by atoms with Crippen molar-refractivity contribution >= 4 is 16.9 Å². The summed E-state index contributed by atoms with van der Waals surface area (Å²) >= 11 is 0. The van der Waals surface area contributed by atoms with Crippen LogP contribution in [0.2, 0.25) is 0 Å². The second-order valence-corrected chi connectivity index (χ2v) is 3.73. The van der Waals surface area contributed by atoms with Gasteiger partial charge in [-0.15, -0.1) is 0 Å². The third kappa shape index (κ3) is 2.35. The van der Waals surface area contributed by atoms with Crippen molar-refractivity contribution in [3.05, 3.63) is 34.5 Å². The predicted molar refractivity (Wildman–Crippen MR) is 61.2 cm³/mol. The molecule has 5 nitrogen and oxygen atoms in total. The van der Waals surface area contributed by atoms with Gasteiger partial charge < -0.3 is 10.3 Å². The average Bonchev–Trinajstić information content (AvgIpc) is 2.54. The van der Waals surface area contributed by atoms with Gasteiger partial charge in [-0.1, -0.05) is 0 Å². The van der Waals surface area contributed by atoms with Gasteiger partial charge in [0.05, 0.1) is 11.0 Å². The highest BCUT2D eigenvalue weighted by Crippen LogP contribution is 2.11. The van der Waals surface area contributed by atoms with Gasteiger partial charge in [-0.25, -0.2) is 9.18 Å². The summed E-state index contributed by atoms with van der Waals surface area (Å²) in [7, 11) is 0. The van der Waals surface area contributed by atoms with Gasteiger partial charge in [0.2, 0.25) is 5.91 Å². The minimum atomic E-state index is -0.396. The molecule has 0 atom stereocenters. The SMILES string of the molecule is CC(=O)NCCn1c(=O)[nH]c2cc(F)ccc21. The van der Waals surface area contributed by atoms with Crippen LogP contribution >= 0.6 is 0 Å². The van der Waals surface area contributed by atoms with Crippen LogP contribution in [0.3, 0.4) is 0 Å². The number of nitrogens with one attached hydrogen (secondary N) is 2. The van der Waals surface area contributed by atoms with Crippen LogP contribution in [0, 0.1) is 5.82 Å². The molecular formula is C11H12FN3O2. The third-order valence-corrected chi connectivity index (χ3v) is 2.45. The number of carbonyl (C=O) groups is 1. The Balaban J connectivity index is 2.30. The largest absolute Gasteiger partial charge is 0.355 e. The van der Waals surface area contributed by atoms with E-state index in [1.165, 1.54) is 29.7 Å². The molecule has 90 valence electrons. The zero-order chi connectivity index (χ0) is 12.4. The van der Waals surface area contributed by atoms with Crippen LogP contribution in [-0.4, -0.2) is 22.0 Å². The van der Waals surface area contributed by atoms with Gasteiger partial charge in [0.25, 0.3) is 0 Å². The molecule has 0 radical (unpaired) electrons. The van der Waals surface area contributed by atoms with Crippen LogP contribution in [0.4, 0.5) is 4.39 Å². The van der Waals surface area contributed by atoms with E-state index in [2.05, 4.69) is 10.3 Å². The highest BCUT2D eigenvalue weighted by Gasteiger charge is 2.06. The van der Waals surface area contributed by atoms with Gasteiger partial charge in [0, 0.05) is 20.0 Å². The maximum absolute atomic E-state index is 12.9. The molecule has 0 aliphatic heterocycles. The van der Waals surface area contributed by atoms with Crippen molar-refractivity contribution in [3.63, 3.8) is 0 Å². The maximum atomic E-state index is 12.9. The molecular weight excluding hydrogens is 225 g/mol. The number of nitrogens with zero attached hydrogens (tertiary/aromatic N) is 1. The fourth-order valence-corrected chi connectivity index (χ4v) is 1.70. The fourth-order valence-electron chi connectivity index (χ4n) is 1.70. The molecule has 0 spiro atoms. The van der Waals surface area contributed by atoms with Gasteiger partial charge in [-0.2, -0.15) is 0 Å². The summed E-state index contributed by atoms with van der Waals surface area (Å²) in [6.45, 7) is 2.12. The first-order valence-electron chi connectivity index (χ1n) is 5.20. The summed E-state index contributed by atoms with van der Waals surface area (Å²) < 4.78 is 14.4. The summed E-state index contributed by atoms with van der Waals surface area (Å²) in [5.74, 6) is -0.545. The van der Waals surface area contributed by atoms with Crippen molar-refractivity contribution in [1.82, 2.24) is 14.9 Å². The van der Waals surface area contributed by atoms with E-state index in [1.807, 2.05) is 0 Å². The minimum absolute atomic E-state index is 0.149. The number of hydrogen-bond donors (Lipinski definition) is 2. The second kappa shape index (κ2) is 4.40. The van der Waals surface area contributed by atoms with Crippen molar-refractivity contribution in [2.75, 3.05) is 6.54 Å². The fraction of sp³-hybridized carbons (Fsp3) is 0.273. The van der Waals surface area contributed by atoms with Gasteiger partial charge in [-0.05, 0) is 18.2 Å². The molecule has 2 N–H and O–H groups in total. The molecule has 6 heteroatoms. The number of amides is 1. The van der Waals surface area contributed by atoms with Crippen molar-refractivity contribution in [2.45, 2.75) is 13.5 Å². The molecule has 2 aromatic rings. The number of benzene rings is 1. The van der Waals surface area contributed by atoms with Crippen LogP contribution in [0.5, 0.6) is 0 Å². The number of halogens is 1. The molecule has 0 fully saturated rings. The van der Waals surface area contributed by atoms with Crippen LogP contribution in [0.25, 0.3) is 11.0 Å². The first-order valence-corrected chi connectivity index (χ1v) is 5.20. The van der Waals surface area contributed by atoms with Crippen LogP contribution < -0.4 is 11.0 Å². The lowest BCUT2D eigenvalue weighted by Gasteiger charge is -2.03.